The molecule has 0 aliphatic carbocycles. The van der Waals surface area contributed by atoms with Crippen molar-refractivity contribution in [3.63, 3.8) is 0 Å². The minimum atomic E-state index is -0.497. The van der Waals surface area contributed by atoms with Gasteiger partial charge in [-0.2, -0.15) is 0 Å². The normalized spacial score (nSPS) is 13.9. The van der Waals surface area contributed by atoms with Crippen LogP contribution < -0.4 is 15.8 Å². The Kier molecular flexibility index (Phi) is 6.52. The van der Waals surface area contributed by atoms with Crippen molar-refractivity contribution in [3.05, 3.63) is 29.8 Å². The molecule has 0 radical (unpaired) electrons. The molecular weight excluding hydrogens is 252 g/mol. The Hall–Kier alpha value is -1.55. The van der Waals surface area contributed by atoms with Crippen LogP contribution in [0.5, 0.6) is 5.75 Å². The van der Waals surface area contributed by atoms with Crippen LogP contribution in [0.4, 0.5) is 0 Å². The molecule has 1 amide bonds. The van der Waals surface area contributed by atoms with E-state index in [2.05, 4.69) is 19.2 Å². The predicted molar refractivity (Wildman–Crippen MR) is 81.6 cm³/mol. The molecule has 1 rings (SSSR count). The maximum Gasteiger partial charge on any atom is 0.260 e. The third-order valence-corrected chi connectivity index (χ3v) is 3.11. The Balaban J connectivity index is 2.44. The molecule has 3 N–H and O–H groups in total. The van der Waals surface area contributed by atoms with Gasteiger partial charge in [-0.1, -0.05) is 26.0 Å². The lowest BCUT2D eigenvalue weighted by atomic mass is 10.1. The first-order chi connectivity index (χ1) is 9.40. The summed E-state index contributed by atoms with van der Waals surface area (Å²) in [5, 5.41) is 2.88. The minimum Gasteiger partial charge on any atom is -0.481 e. The largest absolute Gasteiger partial charge is 0.481 e. The highest BCUT2D eigenvalue weighted by molar-refractivity contribution is 5.80. The molecule has 0 spiro atoms. The summed E-state index contributed by atoms with van der Waals surface area (Å²) < 4.78 is 5.62. The Morgan fingerprint density at radius 3 is 2.30 bits per heavy atom. The zero-order valence-electron chi connectivity index (χ0n) is 12.8. The number of ether oxygens (including phenoxy) is 1. The van der Waals surface area contributed by atoms with Crippen LogP contribution in [0, 0.1) is 5.92 Å². The Morgan fingerprint density at radius 1 is 1.20 bits per heavy atom. The van der Waals surface area contributed by atoms with E-state index in [1.807, 2.05) is 31.2 Å². The van der Waals surface area contributed by atoms with Gasteiger partial charge in [0.05, 0.1) is 0 Å². The van der Waals surface area contributed by atoms with Crippen LogP contribution in [0.15, 0.2) is 24.3 Å². The highest BCUT2D eigenvalue weighted by atomic mass is 16.5. The van der Waals surface area contributed by atoms with Crippen molar-refractivity contribution in [1.82, 2.24) is 5.32 Å². The maximum atomic E-state index is 11.8. The fourth-order valence-corrected chi connectivity index (χ4v) is 1.74. The lowest BCUT2D eigenvalue weighted by Gasteiger charge is -2.16. The molecule has 20 heavy (non-hydrogen) atoms. The minimum absolute atomic E-state index is 0.000746. The van der Waals surface area contributed by atoms with E-state index in [9.17, 15) is 4.79 Å². The van der Waals surface area contributed by atoms with Gasteiger partial charge in [0, 0.05) is 12.6 Å². The molecular formula is C16H26N2O2. The SMILES string of the molecule is CC(C)CCNC(=O)C(C)Oc1ccc([C@H](C)N)cc1. The molecule has 0 aliphatic heterocycles. The lowest BCUT2D eigenvalue weighted by molar-refractivity contribution is -0.127. The molecule has 4 heteroatoms. The van der Waals surface area contributed by atoms with Gasteiger partial charge >= 0.3 is 0 Å². The molecule has 0 aliphatic rings. The standard InChI is InChI=1S/C16H26N2O2/c1-11(2)9-10-18-16(19)13(4)20-15-7-5-14(6-8-15)12(3)17/h5-8,11-13H,9-10,17H2,1-4H3,(H,18,19)/t12-,13?/m0/s1. The summed E-state index contributed by atoms with van der Waals surface area (Å²) in [6.07, 6.45) is 0.477. The van der Waals surface area contributed by atoms with Crippen LogP contribution in [-0.2, 0) is 4.79 Å². The number of carbonyl (C=O) groups excluding carboxylic acids is 1. The van der Waals surface area contributed by atoms with Gasteiger partial charge in [0.25, 0.3) is 5.91 Å². The Bertz CT molecular complexity index is 413. The average Bonchev–Trinajstić information content (AvgIpc) is 2.38. The summed E-state index contributed by atoms with van der Waals surface area (Å²) >= 11 is 0. The number of rotatable bonds is 7. The summed E-state index contributed by atoms with van der Waals surface area (Å²) in [5.74, 6) is 1.18. The van der Waals surface area contributed by atoms with Gasteiger partial charge < -0.3 is 15.8 Å². The van der Waals surface area contributed by atoms with E-state index in [1.165, 1.54) is 0 Å². The van der Waals surface area contributed by atoms with E-state index in [4.69, 9.17) is 10.5 Å². The van der Waals surface area contributed by atoms with Gasteiger partial charge in [0.2, 0.25) is 0 Å². The highest BCUT2D eigenvalue weighted by Crippen LogP contribution is 2.17. The molecule has 1 aromatic rings. The molecule has 0 bridgehead atoms. The lowest BCUT2D eigenvalue weighted by Crippen LogP contribution is -2.37. The van der Waals surface area contributed by atoms with Crippen LogP contribution >= 0.6 is 0 Å². The Morgan fingerprint density at radius 2 is 1.80 bits per heavy atom. The summed E-state index contributed by atoms with van der Waals surface area (Å²) in [5.41, 5.74) is 6.84. The quantitative estimate of drug-likeness (QED) is 0.806. The van der Waals surface area contributed by atoms with E-state index in [0.29, 0.717) is 18.2 Å². The molecule has 0 saturated heterocycles. The van der Waals surface area contributed by atoms with Crippen molar-refractivity contribution >= 4 is 5.91 Å². The first-order valence-electron chi connectivity index (χ1n) is 7.20. The second-order valence-electron chi connectivity index (χ2n) is 5.59. The zero-order valence-corrected chi connectivity index (χ0v) is 12.8. The number of hydrogen-bond donors (Lipinski definition) is 2. The van der Waals surface area contributed by atoms with Gasteiger partial charge in [-0.15, -0.1) is 0 Å². The van der Waals surface area contributed by atoms with Crippen molar-refractivity contribution < 1.29 is 9.53 Å². The first-order valence-corrected chi connectivity index (χ1v) is 7.20. The van der Waals surface area contributed by atoms with E-state index < -0.39 is 6.10 Å². The van der Waals surface area contributed by atoms with Gasteiger partial charge in [0.15, 0.2) is 6.10 Å². The van der Waals surface area contributed by atoms with Crippen molar-refractivity contribution in [3.8, 4) is 5.75 Å². The number of benzene rings is 1. The third kappa shape index (κ3) is 5.61. The van der Waals surface area contributed by atoms with Gasteiger partial charge in [0.1, 0.15) is 5.75 Å². The molecule has 112 valence electrons. The predicted octanol–water partition coefficient (Wildman–Crippen LogP) is 2.64. The third-order valence-electron chi connectivity index (χ3n) is 3.11. The average molecular weight is 278 g/mol. The number of carbonyl (C=O) groups is 1. The van der Waals surface area contributed by atoms with Crippen LogP contribution in [0.2, 0.25) is 0 Å². The molecule has 4 nitrogen and oxygen atoms in total. The second-order valence-corrected chi connectivity index (χ2v) is 5.59. The zero-order chi connectivity index (χ0) is 15.1. The molecule has 1 unspecified atom stereocenters. The van der Waals surface area contributed by atoms with Crippen molar-refractivity contribution in [2.75, 3.05) is 6.54 Å². The molecule has 0 saturated carbocycles. The highest BCUT2D eigenvalue weighted by Gasteiger charge is 2.14. The van der Waals surface area contributed by atoms with E-state index in [-0.39, 0.29) is 11.9 Å². The smallest absolute Gasteiger partial charge is 0.260 e. The number of nitrogens with one attached hydrogen (secondary N) is 1. The van der Waals surface area contributed by atoms with Crippen molar-refractivity contribution in [2.45, 2.75) is 46.3 Å². The molecule has 0 fully saturated rings. The molecule has 2 atom stereocenters. The first kappa shape index (κ1) is 16.5. The number of hydrogen-bond acceptors (Lipinski definition) is 3. The fraction of sp³-hybridized carbons (Fsp3) is 0.562. The van der Waals surface area contributed by atoms with Crippen LogP contribution in [0.25, 0.3) is 0 Å². The second kappa shape index (κ2) is 7.90. The van der Waals surface area contributed by atoms with Crippen molar-refractivity contribution in [1.29, 1.82) is 0 Å². The van der Waals surface area contributed by atoms with Crippen LogP contribution in [0.1, 0.15) is 45.7 Å². The van der Waals surface area contributed by atoms with Gasteiger partial charge in [-0.25, -0.2) is 0 Å². The summed E-state index contributed by atoms with van der Waals surface area (Å²) in [6.45, 7) is 8.64. The summed E-state index contributed by atoms with van der Waals surface area (Å²) in [6, 6.07) is 7.53. The van der Waals surface area contributed by atoms with Gasteiger partial charge in [-0.3, -0.25) is 4.79 Å². The van der Waals surface area contributed by atoms with Gasteiger partial charge in [-0.05, 0) is 43.9 Å². The topological polar surface area (TPSA) is 64.3 Å². The van der Waals surface area contributed by atoms with Crippen LogP contribution in [0.3, 0.4) is 0 Å². The number of amides is 1. The molecule has 0 aromatic heterocycles. The monoisotopic (exact) mass is 278 g/mol. The van der Waals surface area contributed by atoms with E-state index in [1.54, 1.807) is 6.92 Å². The fourth-order valence-electron chi connectivity index (χ4n) is 1.74. The van der Waals surface area contributed by atoms with E-state index >= 15 is 0 Å². The van der Waals surface area contributed by atoms with Crippen molar-refractivity contribution in [2.24, 2.45) is 11.7 Å². The maximum absolute atomic E-state index is 11.8. The Labute approximate surface area is 121 Å². The number of nitrogens with two attached hydrogens (primary N) is 1. The molecule has 1 aromatic carbocycles. The van der Waals surface area contributed by atoms with Crippen LogP contribution in [-0.4, -0.2) is 18.6 Å². The van der Waals surface area contributed by atoms with E-state index in [0.717, 1.165) is 12.0 Å². The molecule has 0 heterocycles. The summed E-state index contributed by atoms with van der Waals surface area (Å²) in [4.78, 5) is 11.8. The summed E-state index contributed by atoms with van der Waals surface area (Å²) in [7, 11) is 0.